The lowest BCUT2D eigenvalue weighted by atomic mass is 10.1. The summed E-state index contributed by atoms with van der Waals surface area (Å²) in [6, 6.07) is 3.97. The van der Waals surface area contributed by atoms with Crippen LogP contribution in [0.1, 0.15) is 23.7 Å². The number of halogens is 2. The number of carbonyl (C=O) groups is 1. The molecule has 1 unspecified atom stereocenters. The number of rotatable bonds is 6. The van der Waals surface area contributed by atoms with Crippen molar-refractivity contribution in [2.45, 2.75) is 35.6 Å². The predicted molar refractivity (Wildman–Crippen MR) is 109 cm³/mol. The first kappa shape index (κ1) is 18.4. The maximum atomic E-state index is 14.2. The van der Waals surface area contributed by atoms with Gasteiger partial charge in [0, 0.05) is 21.6 Å². The fourth-order valence-corrected chi connectivity index (χ4v) is 5.01. The molecule has 1 atom stereocenters. The van der Waals surface area contributed by atoms with Gasteiger partial charge in [-0.2, -0.15) is 0 Å². The summed E-state index contributed by atoms with van der Waals surface area (Å²) in [5.74, 6) is 0.302. The Morgan fingerprint density at radius 2 is 2.30 bits per heavy atom. The molecule has 140 valence electrons. The maximum absolute atomic E-state index is 14.2. The molecule has 0 saturated carbocycles. The Kier molecular flexibility index (Phi) is 5.17. The summed E-state index contributed by atoms with van der Waals surface area (Å²) in [6.45, 7) is 0.918. The Labute approximate surface area is 172 Å². The van der Waals surface area contributed by atoms with Gasteiger partial charge in [0.25, 0.3) is 0 Å². The lowest BCUT2D eigenvalue weighted by Gasteiger charge is -2.11. The van der Waals surface area contributed by atoms with Gasteiger partial charge in [0.2, 0.25) is 6.41 Å². The number of aryl methyl sites for hydroxylation is 1. The zero-order valence-electron chi connectivity index (χ0n) is 14.2. The molecule has 0 radical (unpaired) electrons. The van der Waals surface area contributed by atoms with E-state index in [9.17, 15) is 9.18 Å². The van der Waals surface area contributed by atoms with Gasteiger partial charge in [-0.25, -0.2) is 19.3 Å². The largest absolute Gasteiger partial charge is 0.382 e. The number of amides is 1. The molecule has 0 aliphatic heterocycles. The van der Waals surface area contributed by atoms with Crippen molar-refractivity contribution in [3.05, 3.63) is 33.2 Å². The standard InChI is InChI=1S/C17H16FIN6OS/c18-11-2-1-9-5-12(19)13(6-10(9)11)27-17-24-14-15(20)22-7-23-16(14)25(17)4-3-21-8-26/h5-8,11H,1-4H2,(H,21,26)(H2,20,22,23). The van der Waals surface area contributed by atoms with E-state index in [1.54, 1.807) is 0 Å². The average molecular weight is 498 g/mol. The third kappa shape index (κ3) is 3.47. The van der Waals surface area contributed by atoms with Crippen LogP contribution >= 0.6 is 34.4 Å². The maximum Gasteiger partial charge on any atom is 0.207 e. The third-order valence-corrected chi connectivity index (χ3v) is 6.80. The number of fused-ring (bicyclic) bond motifs is 2. The molecule has 27 heavy (non-hydrogen) atoms. The molecule has 0 spiro atoms. The molecule has 10 heteroatoms. The molecule has 3 aromatic rings. The predicted octanol–water partition coefficient (Wildman–Crippen LogP) is 2.87. The smallest absolute Gasteiger partial charge is 0.207 e. The highest BCUT2D eigenvalue weighted by Crippen LogP contribution is 2.41. The molecule has 3 N–H and O–H groups in total. The molecular weight excluding hydrogens is 482 g/mol. The first-order chi connectivity index (χ1) is 13.1. The van der Waals surface area contributed by atoms with Crippen LogP contribution in [0.2, 0.25) is 0 Å². The minimum absolute atomic E-state index is 0.302. The molecule has 1 aromatic carbocycles. The number of nitrogens with zero attached hydrogens (tertiary/aromatic N) is 4. The second-order valence-electron chi connectivity index (χ2n) is 6.14. The molecule has 0 fully saturated rings. The quantitative estimate of drug-likeness (QED) is 0.308. The molecule has 2 heterocycles. The van der Waals surface area contributed by atoms with Crippen molar-refractivity contribution in [3.8, 4) is 0 Å². The Hall–Kier alpha value is -1.95. The van der Waals surface area contributed by atoms with Gasteiger partial charge in [-0.05, 0) is 58.7 Å². The number of imidazole rings is 1. The summed E-state index contributed by atoms with van der Waals surface area (Å²) in [7, 11) is 0. The van der Waals surface area contributed by atoms with Gasteiger partial charge in [-0.15, -0.1) is 0 Å². The third-order valence-electron chi connectivity index (χ3n) is 4.49. The molecule has 0 saturated heterocycles. The Morgan fingerprint density at radius 1 is 1.44 bits per heavy atom. The number of nitrogens with two attached hydrogens (primary N) is 1. The zero-order chi connectivity index (χ0) is 19.0. The molecule has 4 rings (SSSR count). The van der Waals surface area contributed by atoms with Crippen LogP contribution < -0.4 is 11.1 Å². The van der Waals surface area contributed by atoms with Gasteiger partial charge in [-0.1, -0.05) is 11.8 Å². The lowest BCUT2D eigenvalue weighted by Crippen LogP contribution is -2.18. The molecule has 1 amide bonds. The van der Waals surface area contributed by atoms with Crippen LogP contribution in [0.15, 0.2) is 28.5 Å². The van der Waals surface area contributed by atoms with Gasteiger partial charge >= 0.3 is 0 Å². The highest BCUT2D eigenvalue weighted by Gasteiger charge is 2.24. The van der Waals surface area contributed by atoms with Crippen LogP contribution in [0.3, 0.4) is 0 Å². The van der Waals surface area contributed by atoms with Crippen LogP contribution in [-0.4, -0.2) is 32.5 Å². The highest BCUT2D eigenvalue weighted by molar-refractivity contribution is 14.1. The number of alkyl halides is 1. The number of nitrogens with one attached hydrogen (secondary N) is 1. The van der Waals surface area contributed by atoms with Crippen LogP contribution in [0.25, 0.3) is 11.2 Å². The van der Waals surface area contributed by atoms with Crippen molar-refractivity contribution in [1.29, 1.82) is 0 Å². The highest BCUT2D eigenvalue weighted by atomic mass is 127. The van der Waals surface area contributed by atoms with Gasteiger partial charge in [0.1, 0.15) is 12.5 Å². The number of nitrogen functional groups attached to an aromatic ring is 1. The molecular formula is C17H16FIN6OS. The Bertz CT molecular complexity index is 1030. The molecule has 7 nitrogen and oxygen atoms in total. The SMILES string of the molecule is Nc1ncnc2c1nc(Sc1cc3c(cc1I)CCC3F)n2CCNC=O. The summed E-state index contributed by atoms with van der Waals surface area (Å²) >= 11 is 3.71. The zero-order valence-corrected chi connectivity index (χ0v) is 17.1. The minimum atomic E-state index is -0.909. The minimum Gasteiger partial charge on any atom is -0.382 e. The van der Waals surface area contributed by atoms with Crippen molar-refractivity contribution in [1.82, 2.24) is 24.8 Å². The summed E-state index contributed by atoms with van der Waals surface area (Å²) in [6.07, 6.45) is 2.46. The van der Waals surface area contributed by atoms with Crippen molar-refractivity contribution in [2.24, 2.45) is 0 Å². The normalized spacial score (nSPS) is 15.9. The van der Waals surface area contributed by atoms with Crippen molar-refractivity contribution in [2.75, 3.05) is 12.3 Å². The number of benzene rings is 1. The number of aromatic nitrogens is 4. The van der Waals surface area contributed by atoms with Gasteiger partial charge in [0.05, 0.1) is 0 Å². The van der Waals surface area contributed by atoms with E-state index < -0.39 is 6.17 Å². The molecule has 1 aliphatic rings. The Balaban J connectivity index is 1.75. The van der Waals surface area contributed by atoms with E-state index in [-0.39, 0.29) is 0 Å². The summed E-state index contributed by atoms with van der Waals surface area (Å²) in [5.41, 5.74) is 8.92. The Morgan fingerprint density at radius 3 is 3.11 bits per heavy atom. The summed E-state index contributed by atoms with van der Waals surface area (Å²) in [4.78, 5) is 24.4. The fourth-order valence-electron chi connectivity index (χ4n) is 3.18. The van der Waals surface area contributed by atoms with Crippen LogP contribution in [0, 0.1) is 3.57 Å². The molecule has 0 bridgehead atoms. The number of hydrogen-bond donors (Lipinski definition) is 2. The van der Waals surface area contributed by atoms with E-state index in [1.165, 1.54) is 18.1 Å². The van der Waals surface area contributed by atoms with Crippen molar-refractivity contribution < 1.29 is 9.18 Å². The average Bonchev–Trinajstić information content (AvgIpc) is 3.18. The van der Waals surface area contributed by atoms with E-state index in [4.69, 9.17) is 5.73 Å². The molecule has 1 aliphatic carbocycles. The molecule has 2 aromatic heterocycles. The second-order valence-corrected chi connectivity index (χ2v) is 8.31. The van der Waals surface area contributed by atoms with Crippen LogP contribution in [-0.2, 0) is 17.8 Å². The fraction of sp³-hybridized carbons (Fsp3) is 0.294. The number of anilines is 1. The number of hydrogen-bond acceptors (Lipinski definition) is 6. The lowest BCUT2D eigenvalue weighted by molar-refractivity contribution is -0.109. The van der Waals surface area contributed by atoms with Crippen LogP contribution in [0.5, 0.6) is 0 Å². The first-order valence-corrected chi connectivity index (χ1v) is 10.3. The first-order valence-electron chi connectivity index (χ1n) is 8.36. The van der Waals surface area contributed by atoms with E-state index in [0.29, 0.717) is 48.1 Å². The van der Waals surface area contributed by atoms with Crippen LogP contribution in [0.4, 0.5) is 10.2 Å². The van der Waals surface area contributed by atoms with Gasteiger partial charge in [0.15, 0.2) is 22.1 Å². The number of carbonyl (C=O) groups excluding carboxylic acids is 1. The van der Waals surface area contributed by atoms with Crippen molar-refractivity contribution >= 4 is 57.7 Å². The summed E-state index contributed by atoms with van der Waals surface area (Å²) < 4.78 is 17.1. The van der Waals surface area contributed by atoms with E-state index in [2.05, 4.69) is 42.9 Å². The summed E-state index contributed by atoms with van der Waals surface area (Å²) in [5, 5.41) is 3.32. The van der Waals surface area contributed by atoms with E-state index in [0.717, 1.165) is 26.0 Å². The second kappa shape index (κ2) is 7.58. The van der Waals surface area contributed by atoms with E-state index >= 15 is 0 Å². The van der Waals surface area contributed by atoms with Gasteiger partial charge < -0.3 is 15.6 Å². The van der Waals surface area contributed by atoms with Gasteiger partial charge in [-0.3, -0.25) is 4.79 Å². The topological polar surface area (TPSA) is 98.7 Å². The van der Waals surface area contributed by atoms with Crippen molar-refractivity contribution in [3.63, 3.8) is 0 Å². The monoisotopic (exact) mass is 498 g/mol. The van der Waals surface area contributed by atoms with E-state index in [1.807, 2.05) is 16.7 Å².